The van der Waals surface area contributed by atoms with Gasteiger partial charge >= 0.3 is 0 Å². The van der Waals surface area contributed by atoms with Crippen molar-refractivity contribution in [3.05, 3.63) is 52.5 Å². The van der Waals surface area contributed by atoms with Gasteiger partial charge in [-0.2, -0.15) is 10.2 Å². The first-order valence-electron chi connectivity index (χ1n) is 8.77. The molecule has 1 aromatic carbocycles. The average molecular weight is 366 g/mol. The van der Waals surface area contributed by atoms with Gasteiger partial charge < -0.3 is 5.32 Å². The highest BCUT2D eigenvalue weighted by Crippen LogP contribution is 2.37. The fourth-order valence-electron chi connectivity index (χ4n) is 2.95. The first kappa shape index (κ1) is 18.3. The van der Waals surface area contributed by atoms with Crippen molar-refractivity contribution in [1.29, 1.82) is 0 Å². The molecule has 0 aliphatic carbocycles. The van der Waals surface area contributed by atoms with Crippen molar-refractivity contribution in [3.63, 3.8) is 0 Å². The molecule has 6 heteroatoms. The minimum Gasteiger partial charge on any atom is -0.353 e. The van der Waals surface area contributed by atoms with Crippen LogP contribution in [0.2, 0.25) is 0 Å². The maximum atomic E-state index is 12.5. The van der Waals surface area contributed by atoms with Crippen molar-refractivity contribution in [1.82, 2.24) is 10.3 Å². The minimum absolute atomic E-state index is 0.0155. The van der Waals surface area contributed by atoms with Crippen molar-refractivity contribution in [2.24, 2.45) is 10.2 Å². The number of thiazole rings is 1. The van der Waals surface area contributed by atoms with Gasteiger partial charge in [0.15, 0.2) is 5.66 Å². The van der Waals surface area contributed by atoms with E-state index < -0.39 is 5.66 Å². The molecule has 1 aromatic heterocycles. The molecule has 0 saturated carbocycles. The number of benzene rings is 1. The smallest absolute Gasteiger partial charge is 0.220 e. The molecule has 26 heavy (non-hydrogen) atoms. The summed E-state index contributed by atoms with van der Waals surface area (Å²) in [6, 6.07) is 10.2. The lowest BCUT2D eigenvalue weighted by molar-refractivity contribution is -0.122. The van der Waals surface area contributed by atoms with Crippen LogP contribution in [-0.4, -0.2) is 22.6 Å². The Balaban J connectivity index is 1.54. The SMILES string of the molecule is C#CCCC1(CCC(=O)NC(Cc2ccccc2)Cc2cscn2)N=N1. The van der Waals surface area contributed by atoms with Crippen LogP contribution in [-0.2, 0) is 17.6 Å². The van der Waals surface area contributed by atoms with E-state index in [2.05, 4.69) is 38.6 Å². The van der Waals surface area contributed by atoms with Gasteiger partial charge in [-0.1, -0.05) is 30.3 Å². The number of terminal acetylenes is 1. The minimum atomic E-state index is -0.409. The predicted octanol–water partition coefficient (Wildman–Crippen LogP) is 3.77. The molecule has 0 spiro atoms. The van der Waals surface area contributed by atoms with Crippen LogP contribution < -0.4 is 5.32 Å². The summed E-state index contributed by atoms with van der Waals surface area (Å²) in [7, 11) is 0. The first-order chi connectivity index (χ1) is 12.7. The van der Waals surface area contributed by atoms with E-state index in [9.17, 15) is 4.79 Å². The second-order valence-corrected chi connectivity index (χ2v) is 7.24. The van der Waals surface area contributed by atoms with Crippen molar-refractivity contribution >= 4 is 17.2 Å². The number of amides is 1. The number of nitrogens with one attached hydrogen (secondary N) is 1. The van der Waals surface area contributed by atoms with E-state index in [4.69, 9.17) is 6.42 Å². The second-order valence-electron chi connectivity index (χ2n) is 6.52. The Hall–Kier alpha value is -2.52. The van der Waals surface area contributed by atoms with Gasteiger partial charge in [0, 0.05) is 43.5 Å². The largest absolute Gasteiger partial charge is 0.353 e. The number of nitrogens with zero attached hydrogens (tertiary/aromatic N) is 3. The molecule has 2 aromatic rings. The third kappa shape index (κ3) is 5.50. The maximum Gasteiger partial charge on any atom is 0.220 e. The molecule has 1 aliphatic heterocycles. The molecule has 1 amide bonds. The Morgan fingerprint density at radius 2 is 2.04 bits per heavy atom. The first-order valence-corrected chi connectivity index (χ1v) is 9.71. The van der Waals surface area contributed by atoms with Gasteiger partial charge in [-0.05, 0) is 12.0 Å². The average Bonchev–Trinajstić information content (AvgIpc) is 3.24. The Labute approximate surface area is 158 Å². The molecule has 0 bridgehead atoms. The van der Waals surface area contributed by atoms with E-state index in [1.54, 1.807) is 11.3 Å². The summed E-state index contributed by atoms with van der Waals surface area (Å²) >= 11 is 1.57. The maximum absolute atomic E-state index is 12.5. The summed E-state index contributed by atoms with van der Waals surface area (Å²) in [5.74, 6) is 2.64. The van der Waals surface area contributed by atoms with E-state index in [0.29, 0.717) is 19.3 Å². The van der Waals surface area contributed by atoms with Gasteiger partial charge in [0.1, 0.15) is 0 Å². The summed E-state index contributed by atoms with van der Waals surface area (Å²) in [6.45, 7) is 0. The molecule has 0 radical (unpaired) electrons. The summed E-state index contributed by atoms with van der Waals surface area (Å²) in [4.78, 5) is 16.8. The van der Waals surface area contributed by atoms with E-state index in [1.165, 1.54) is 5.56 Å². The van der Waals surface area contributed by atoms with Crippen LogP contribution in [0.3, 0.4) is 0 Å². The Morgan fingerprint density at radius 3 is 2.69 bits per heavy atom. The number of carbonyl (C=O) groups is 1. The topological polar surface area (TPSA) is 66.7 Å². The molecule has 134 valence electrons. The summed E-state index contributed by atoms with van der Waals surface area (Å²) in [5, 5.41) is 13.4. The fourth-order valence-corrected chi connectivity index (χ4v) is 3.52. The third-order valence-electron chi connectivity index (χ3n) is 4.43. The zero-order chi connectivity index (χ0) is 18.2. The summed E-state index contributed by atoms with van der Waals surface area (Å²) in [6.07, 6.45) is 9.19. The Bertz CT molecular complexity index is 774. The fraction of sp³-hybridized carbons (Fsp3) is 0.400. The number of aromatic nitrogens is 1. The molecular formula is C20H22N4OS. The van der Waals surface area contributed by atoms with Gasteiger partial charge in [-0.15, -0.1) is 23.7 Å². The quantitative estimate of drug-likeness (QED) is 0.651. The van der Waals surface area contributed by atoms with Crippen LogP contribution in [0.4, 0.5) is 0 Å². The molecule has 1 aliphatic rings. The Morgan fingerprint density at radius 1 is 1.23 bits per heavy atom. The van der Waals surface area contributed by atoms with Crippen LogP contribution in [0, 0.1) is 12.3 Å². The van der Waals surface area contributed by atoms with Gasteiger partial charge in [0.05, 0.1) is 11.2 Å². The van der Waals surface area contributed by atoms with Gasteiger partial charge in [-0.3, -0.25) is 4.79 Å². The second kappa shape index (κ2) is 8.72. The Kier molecular flexibility index (Phi) is 6.13. The molecule has 2 heterocycles. The third-order valence-corrected chi connectivity index (χ3v) is 5.07. The van der Waals surface area contributed by atoms with Crippen LogP contribution in [0.25, 0.3) is 0 Å². The van der Waals surface area contributed by atoms with E-state index in [-0.39, 0.29) is 11.9 Å². The lowest BCUT2D eigenvalue weighted by atomic mass is 10.00. The lowest BCUT2D eigenvalue weighted by Crippen LogP contribution is -2.38. The van der Waals surface area contributed by atoms with Crippen molar-refractivity contribution in [2.45, 2.75) is 50.2 Å². The van der Waals surface area contributed by atoms with E-state index in [0.717, 1.165) is 25.0 Å². The lowest BCUT2D eigenvalue weighted by Gasteiger charge is -2.19. The molecule has 5 nitrogen and oxygen atoms in total. The van der Waals surface area contributed by atoms with Crippen LogP contribution in [0.5, 0.6) is 0 Å². The molecule has 1 atom stereocenters. The number of rotatable bonds is 10. The van der Waals surface area contributed by atoms with Crippen LogP contribution in [0.15, 0.2) is 51.5 Å². The summed E-state index contributed by atoms with van der Waals surface area (Å²) in [5.41, 5.74) is 3.62. The number of carbonyl (C=O) groups excluding carboxylic acids is 1. The summed E-state index contributed by atoms with van der Waals surface area (Å²) < 4.78 is 0. The van der Waals surface area contributed by atoms with Crippen LogP contribution in [0.1, 0.15) is 36.9 Å². The molecule has 1 unspecified atom stereocenters. The monoisotopic (exact) mass is 366 g/mol. The highest BCUT2D eigenvalue weighted by Gasteiger charge is 2.39. The molecule has 1 N–H and O–H groups in total. The van der Waals surface area contributed by atoms with Gasteiger partial charge in [0.2, 0.25) is 5.91 Å². The van der Waals surface area contributed by atoms with E-state index in [1.807, 2.05) is 29.1 Å². The van der Waals surface area contributed by atoms with Crippen LogP contribution >= 0.6 is 11.3 Å². The standard InChI is InChI=1S/C20H22N4OS/c1-2-3-10-20(23-24-20)11-9-19(25)22-17(13-18-14-26-15-21-18)12-16-7-5-4-6-8-16/h1,4-8,14-15,17H,3,9-13H2,(H,22,25). The van der Waals surface area contributed by atoms with Crippen molar-refractivity contribution in [2.75, 3.05) is 0 Å². The number of hydrogen-bond acceptors (Lipinski definition) is 5. The highest BCUT2D eigenvalue weighted by atomic mass is 32.1. The highest BCUT2D eigenvalue weighted by molar-refractivity contribution is 7.07. The molecular weight excluding hydrogens is 344 g/mol. The van der Waals surface area contributed by atoms with Crippen molar-refractivity contribution in [3.8, 4) is 12.3 Å². The van der Waals surface area contributed by atoms with Crippen molar-refractivity contribution < 1.29 is 4.79 Å². The van der Waals surface area contributed by atoms with Gasteiger partial charge in [0.25, 0.3) is 0 Å². The predicted molar refractivity (Wildman–Crippen MR) is 103 cm³/mol. The van der Waals surface area contributed by atoms with E-state index >= 15 is 0 Å². The zero-order valence-electron chi connectivity index (χ0n) is 14.6. The normalized spacial score (nSPS) is 15.2. The molecule has 0 fully saturated rings. The number of hydrogen-bond donors (Lipinski definition) is 1. The zero-order valence-corrected chi connectivity index (χ0v) is 15.4. The molecule has 0 saturated heterocycles. The van der Waals surface area contributed by atoms with Gasteiger partial charge in [-0.25, -0.2) is 4.98 Å². The molecule has 3 rings (SSSR count).